The minimum atomic E-state index is -3.06. The largest absolute Gasteiger partial charge is 0.315 e. The number of benzene rings is 2. The van der Waals surface area contributed by atoms with Gasteiger partial charge < -0.3 is 4.90 Å². The lowest BCUT2D eigenvalue weighted by atomic mass is 10.1. The molecule has 0 N–H and O–H groups in total. The Kier molecular flexibility index (Phi) is 5.42. The van der Waals surface area contributed by atoms with E-state index in [0.29, 0.717) is 15.8 Å². The van der Waals surface area contributed by atoms with Crippen LogP contribution in [-0.2, 0) is 15.6 Å². The van der Waals surface area contributed by atoms with E-state index in [0.717, 1.165) is 22.0 Å². The van der Waals surface area contributed by atoms with Crippen LogP contribution >= 0.6 is 35.0 Å². The average Bonchev–Trinajstić information content (AvgIpc) is 3.06. The molecule has 0 spiro atoms. The van der Waals surface area contributed by atoms with Crippen molar-refractivity contribution in [2.24, 2.45) is 4.99 Å². The first-order valence-electron chi connectivity index (χ1n) is 8.95. The third-order valence-corrected chi connectivity index (χ3v) is 8.39. The summed E-state index contributed by atoms with van der Waals surface area (Å²) in [5.41, 5.74) is 4.28. The molecule has 4 nitrogen and oxygen atoms in total. The van der Waals surface area contributed by atoms with Gasteiger partial charge in [0.2, 0.25) is 0 Å². The third kappa shape index (κ3) is 3.92. The third-order valence-electron chi connectivity index (χ3n) is 5.09. The van der Waals surface area contributed by atoms with E-state index in [-0.39, 0.29) is 23.6 Å². The molecule has 2 aromatic carbocycles. The van der Waals surface area contributed by atoms with Gasteiger partial charge in [-0.1, -0.05) is 58.7 Å². The minimum Gasteiger partial charge on any atom is -0.315 e. The molecule has 0 saturated carbocycles. The highest BCUT2D eigenvalue weighted by atomic mass is 35.5. The number of amidine groups is 1. The lowest BCUT2D eigenvalue weighted by Gasteiger charge is -2.28. The molecule has 2 atom stereocenters. The molecule has 4 rings (SSSR count). The summed E-state index contributed by atoms with van der Waals surface area (Å²) >= 11 is 13.9. The van der Waals surface area contributed by atoms with E-state index in [2.05, 4.69) is 36.9 Å². The van der Waals surface area contributed by atoms with Gasteiger partial charge in [-0.3, -0.25) is 4.99 Å². The molecule has 1 saturated heterocycles. The van der Waals surface area contributed by atoms with Crippen molar-refractivity contribution in [3.05, 3.63) is 63.1 Å². The lowest BCUT2D eigenvalue weighted by Crippen LogP contribution is -2.39. The number of halogens is 2. The summed E-state index contributed by atoms with van der Waals surface area (Å²) in [6.07, 6.45) is 0. The van der Waals surface area contributed by atoms with Gasteiger partial charge in [0.05, 0.1) is 23.6 Å². The lowest BCUT2D eigenvalue weighted by molar-refractivity contribution is 0.601. The van der Waals surface area contributed by atoms with Gasteiger partial charge in [0, 0.05) is 21.5 Å². The van der Waals surface area contributed by atoms with Crippen LogP contribution in [0, 0.1) is 13.8 Å². The molecule has 2 heterocycles. The fourth-order valence-corrected chi connectivity index (χ4v) is 7.29. The molecule has 0 bridgehead atoms. The highest BCUT2D eigenvalue weighted by Gasteiger charge is 2.47. The Balaban J connectivity index is 1.65. The number of hydrogen-bond donors (Lipinski definition) is 0. The maximum Gasteiger partial charge on any atom is 0.164 e. The minimum absolute atomic E-state index is 0.116. The summed E-state index contributed by atoms with van der Waals surface area (Å²) in [6.45, 7) is 4.10. The van der Waals surface area contributed by atoms with Gasteiger partial charge in [-0.15, -0.1) is 0 Å². The molecular weight excluding hydrogens is 435 g/mol. The smallest absolute Gasteiger partial charge is 0.164 e. The van der Waals surface area contributed by atoms with Crippen molar-refractivity contribution in [3.63, 3.8) is 0 Å². The van der Waals surface area contributed by atoms with Crippen molar-refractivity contribution in [1.82, 2.24) is 0 Å². The summed E-state index contributed by atoms with van der Waals surface area (Å²) in [6, 6.07) is 11.3. The number of anilines is 1. The van der Waals surface area contributed by atoms with Crippen molar-refractivity contribution in [1.29, 1.82) is 0 Å². The van der Waals surface area contributed by atoms with Crippen molar-refractivity contribution >= 4 is 55.7 Å². The molecule has 1 fully saturated rings. The standard InChI is InChI=1S/C20H20Cl2N2O2S2/c1-12-3-6-18(13(2)7-12)24-19-11-28(25,26)10-17(19)23-20(24)27-9-14-4-5-15(21)8-16(14)22/h3-8,17,19H,9-11H2,1-2H3/t17-,19+/m1/s1. The Morgan fingerprint density at radius 2 is 1.93 bits per heavy atom. The van der Waals surface area contributed by atoms with Crippen molar-refractivity contribution in [3.8, 4) is 0 Å². The number of fused-ring (bicyclic) bond motifs is 1. The molecule has 28 heavy (non-hydrogen) atoms. The molecule has 0 unspecified atom stereocenters. The number of nitrogens with zero attached hydrogens (tertiary/aromatic N) is 2. The fourth-order valence-electron chi connectivity index (χ4n) is 3.77. The van der Waals surface area contributed by atoms with Gasteiger partial charge in [-0.05, 0) is 43.2 Å². The van der Waals surface area contributed by atoms with Gasteiger partial charge in [0.15, 0.2) is 15.0 Å². The number of sulfone groups is 1. The molecular formula is C20H20Cl2N2O2S2. The molecule has 2 aliphatic rings. The van der Waals surface area contributed by atoms with Gasteiger partial charge in [0.25, 0.3) is 0 Å². The van der Waals surface area contributed by atoms with Crippen LogP contribution in [0.4, 0.5) is 5.69 Å². The first kappa shape index (κ1) is 20.1. The van der Waals surface area contributed by atoms with Crippen LogP contribution in [0.3, 0.4) is 0 Å². The summed E-state index contributed by atoms with van der Waals surface area (Å²) in [7, 11) is -3.06. The Morgan fingerprint density at radius 1 is 1.14 bits per heavy atom. The van der Waals surface area contributed by atoms with Crippen LogP contribution in [0.2, 0.25) is 10.0 Å². The summed E-state index contributed by atoms with van der Waals surface area (Å²) < 4.78 is 24.4. The Bertz CT molecular complexity index is 1070. The number of thioether (sulfide) groups is 1. The maximum absolute atomic E-state index is 12.2. The van der Waals surface area contributed by atoms with Crippen LogP contribution in [0.25, 0.3) is 0 Å². The number of aryl methyl sites for hydroxylation is 2. The summed E-state index contributed by atoms with van der Waals surface area (Å²) in [5, 5.41) is 2.08. The van der Waals surface area contributed by atoms with Crippen LogP contribution in [0.1, 0.15) is 16.7 Å². The van der Waals surface area contributed by atoms with E-state index >= 15 is 0 Å². The zero-order chi connectivity index (χ0) is 20.1. The van der Waals surface area contributed by atoms with Gasteiger partial charge in [0.1, 0.15) is 0 Å². The van der Waals surface area contributed by atoms with Crippen LogP contribution in [-0.4, -0.2) is 37.2 Å². The van der Waals surface area contributed by atoms with Crippen LogP contribution < -0.4 is 4.90 Å². The van der Waals surface area contributed by atoms with E-state index < -0.39 is 9.84 Å². The molecule has 0 radical (unpaired) electrons. The SMILES string of the molecule is Cc1ccc(N2C(SCc3ccc(Cl)cc3Cl)=N[C@@H]3CS(=O)(=O)C[C@@H]32)c(C)c1. The Hall–Kier alpha value is -1.21. The second-order valence-corrected chi connectivity index (χ2v) is 11.2. The monoisotopic (exact) mass is 454 g/mol. The van der Waals surface area contributed by atoms with Gasteiger partial charge in [-0.25, -0.2) is 8.42 Å². The molecule has 0 amide bonds. The fraction of sp³-hybridized carbons (Fsp3) is 0.350. The predicted octanol–water partition coefficient (Wildman–Crippen LogP) is 4.89. The number of rotatable bonds is 3. The maximum atomic E-state index is 12.2. The molecule has 2 aliphatic heterocycles. The highest BCUT2D eigenvalue weighted by Crippen LogP contribution is 2.38. The normalized spacial score (nSPS) is 23.0. The second kappa shape index (κ2) is 7.56. The Labute approximate surface area is 179 Å². The van der Waals surface area contributed by atoms with Gasteiger partial charge >= 0.3 is 0 Å². The molecule has 0 aromatic heterocycles. The first-order chi connectivity index (χ1) is 13.2. The van der Waals surface area contributed by atoms with Crippen molar-refractivity contribution in [2.75, 3.05) is 16.4 Å². The predicted molar refractivity (Wildman–Crippen MR) is 120 cm³/mol. The van der Waals surface area contributed by atoms with E-state index in [9.17, 15) is 8.42 Å². The number of hydrogen-bond acceptors (Lipinski definition) is 5. The topological polar surface area (TPSA) is 49.7 Å². The molecule has 2 aromatic rings. The summed E-state index contributed by atoms with van der Waals surface area (Å²) in [4.78, 5) is 6.90. The van der Waals surface area contributed by atoms with Crippen LogP contribution in [0.15, 0.2) is 41.4 Å². The number of aliphatic imine (C=N–C) groups is 1. The van der Waals surface area contributed by atoms with E-state index in [1.165, 1.54) is 5.56 Å². The first-order valence-corrected chi connectivity index (χ1v) is 12.5. The van der Waals surface area contributed by atoms with E-state index in [1.807, 2.05) is 12.1 Å². The molecule has 0 aliphatic carbocycles. The van der Waals surface area contributed by atoms with Crippen molar-refractivity contribution < 1.29 is 8.42 Å². The van der Waals surface area contributed by atoms with E-state index in [4.69, 9.17) is 28.2 Å². The zero-order valence-electron chi connectivity index (χ0n) is 15.5. The highest BCUT2D eigenvalue weighted by molar-refractivity contribution is 8.13. The van der Waals surface area contributed by atoms with Crippen molar-refractivity contribution in [2.45, 2.75) is 31.7 Å². The zero-order valence-corrected chi connectivity index (χ0v) is 18.7. The second-order valence-electron chi connectivity index (χ2n) is 7.31. The van der Waals surface area contributed by atoms with Gasteiger partial charge in [-0.2, -0.15) is 0 Å². The van der Waals surface area contributed by atoms with Crippen LogP contribution in [0.5, 0.6) is 0 Å². The van der Waals surface area contributed by atoms with E-state index in [1.54, 1.807) is 17.8 Å². The summed E-state index contributed by atoms with van der Waals surface area (Å²) in [5.74, 6) is 0.896. The quantitative estimate of drug-likeness (QED) is 0.662. The molecule has 8 heteroatoms. The molecule has 148 valence electrons. The average molecular weight is 455 g/mol. The Morgan fingerprint density at radius 3 is 2.64 bits per heavy atom.